The van der Waals surface area contributed by atoms with E-state index < -0.39 is 10.8 Å². The van der Waals surface area contributed by atoms with Gasteiger partial charge in [-0.15, -0.1) is 0 Å². The first-order chi connectivity index (χ1) is 18.8. The Kier molecular flexibility index (Phi) is 6.89. The number of fused-ring (bicyclic) bond motifs is 1. The Morgan fingerprint density at radius 2 is 1.67 bits per heavy atom. The zero-order valence-electron chi connectivity index (χ0n) is 20.4. The van der Waals surface area contributed by atoms with Crippen LogP contribution in [0.3, 0.4) is 0 Å². The molecule has 0 atom stereocenters. The smallest absolute Gasteiger partial charge is 0.293 e. The summed E-state index contributed by atoms with van der Waals surface area (Å²) in [5.41, 5.74) is 2.94. The molecule has 0 aliphatic rings. The van der Waals surface area contributed by atoms with Crippen molar-refractivity contribution in [3.8, 4) is 11.3 Å². The van der Waals surface area contributed by atoms with E-state index in [0.29, 0.717) is 28.3 Å². The van der Waals surface area contributed by atoms with Gasteiger partial charge in [0.05, 0.1) is 4.92 Å². The van der Waals surface area contributed by atoms with Crippen molar-refractivity contribution in [1.29, 1.82) is 0 Å². The summed E-state index contributed by atoms with van der Waals surface area (Å²) in [6.07, 6.45) is 0. The molecule has 5 rings (SSSR count). The van der Waals surface area contributed by atoms with Crippen LogP contribution in [0.1, 0.15) is 26.7 Å². The third-order valence-electron chi connectivity index (χ3n) is 5.78. The maximum Gasteiger partial charge on any atom is 0.293 e. The van der Waals surface area contributed by atoms with Crippen LogP contribution in [0.2, 0.25) is 0 Å². The molecule has 11 heteroatoms. The summed E-state index contributed by atoms with van der Waals surface area (Å²) in [6.45, 7) is 1.82. The van der Waals surface area contributed by atoms with Gasteiger partial charge in [-0.1, -0.05) is 30.3 Å². The highest BCUT2D eigenvalue weighted by Gasteiger charge is 2.17. The molecular weight excluding hydrogens is 520 g/mol. The predicted octanol–water partition coefficient (Wildman–Crippen LogP) is 6.29. The number of para-hydroxylation sites is 1. The minimum absolute atomic E-state index is 0.0134. The number of benzene rings is 3. The monoisotopic (exact) mass is 540 g/mol. The molecule has 0 saturated heterocycles. The number of anilines is 2. The quantitative estimate of drug-likeness (QED) is 0.130. The fourth-order valence-electron chi connectivity index (χ4n) is 3.87. The average molecular weight is 541 g/mol. The number of aryl methyl sites for hydroxylation is 1. The van der Waals surface area contributed by atoms with Gasteiger partial charge < -0.3 is 19.5 Å². The Balaban J connectivity index is 1.20. The van der Waals surface area contributed by atoms with Gasteiger partial charge in [0.1, 0.15) is 11.3 Å². The number of carbonyl (C=O) groups is 2. The van der Waals surface area contributed by atoms with Crippen LogP contribution in [0.4, 0.5) is 17.1 Å². The van der Waals surface area contributed by atoms with E-state index in [1.807, 2.05) is 25.1 Å². The van der Waals surface area contributed by atoms with Gasteiger partial charge in [-0.25, -0.2) is 0 Å². The third-order valence-corrected chi connectivity index (χ3v) is 5.98. The van der Waals surface area contributed by atoms with Crippen molar-refractivity contribution in [2.24, 2.45) is 0 Å². The minimum Gasteiger partial charge on any atom is -0.451 e. The topological polar surface area (TPSA) is 140 Å². The summed E-state index contributed by atoms with van der Waals surface area (Å²) in [5, 5.41) is 20.2. The van der Waals surface area contributed by atoms with Gasteiger partial charge in [0.25, 0.3) is 17.5 Å². The Labute approximate surface area is 226 Å². The first-order valence-electron chi connectivity index (χ1n) is 11.6. The molecule has 0 spiro atoms. The zero-order valence-corrected chi connectivity index (χ0v) is 21.2. The molecule has 194 valence electrons. The van der Waals surface area contributed by atoms with E-state index >= 15 is 0 Å². The molecule has 2 heterocycles. The van der Waals surface area contributed by atoms with Gasteiger partial charge in [-0.2, -0.15) is 0 Å². The maximum atomic E-state index is 12.7. The van der Waals surface area contributed by atoms with Crippen LogP contribution in [-0.4, -0.2) is 21.9 Å². The molecule has 0 unspecified atom stereocenters. The Morgan fingerprint density at radius 3 is 2.44 bits per heavy atom. The van der Waals surface area contributed by atoms with Gasteiger partial charge in [0.2, 0.25) is 0 Å². The second-order valence-corrected chi connectivity index (χ2v) is 8.92. The molecule has 0 fully saturated rings. The molecule has 2 amide bonds. The van der Waals surface area contributed by atoms with Crippen LogP contribution in [0.5, 0.6) is 0 Å². The Hall–Kier alpha value is -5.29. The van der Waals surface area contributed by atoms with Crippen molar-refractivity contribution in [1.82, 2.24) is 5.32 Å². The number of hydrogen-bond donors (Lipinski definition) is 3. The predicted molar refractivity (Wildman–Crippen MR) is 150 cm³/mol. The number of nitro groups is 1. The van der Waals surface area contributed by atoms with Crippen molar-refractivity contribution in [3.63, 3.8) is 0 Å². The second-order valence-electron chi connectivity index (χ2n) is 8.51. The van der Waals surface area contributed by atoms with Crippen molar-refractivity contribution in [2.75, 3.05) is 10.6 Å². The van der Waals surface area contributed by atoms with Crippen molar-refractivity contribution in [3.05, 3.63) is 112 Å². The number of hydrogen-bond acceptors (Lipinski definition) is 7. The summed E-state index contributed by atoms with van der Waals surface area (Å²) in [5.74, 6) is -0.469. The summed E-state index contributed by atoms with van der Waals surface area (Å²) in [7, 11) is 0. The highest BCUT2D eigenvalue weighted by molar-refractivity contribution is 7.80. The zero-order chi connectivity index (χ0) is 27.5. The number of furan rings is 2. The lowest BCUT2D eigenvalue weighted by molar-refractivity contribution is -0.384. The molecule has 3 N–H and O–H groups in total. The largest absolute Gasteiger partial charge is 0.451 e. The number of nitro benzene ring substituents is 1. The molecule has 3 aromatic carbocycles. The van der Waals surface area contributed by atoms with Crippen LogP contribution >= 0.6 is 12.2 Å². The number of nitrogens with one attached hydrogen (secondary N) is 3. The van der Waals surface area contributed by atoms with Crippen LogP contribution in [0, 0.1) is 17.0 Å². The number of amides is 2. The summed E-state index contributed by atoms with van der Waals surface area (Å²) in [4.78, 5) is 35.8. The van der Waals surface area contributed by atoms with E-state index in [2.05, 4.69) is 16.0 Å². The summed E-state index contributed by atoms with van der Waals surface area (Å²) < 4.78 is 11.2. The fourth-order valence-corrected chi connectivity index (χ4v) is 4.08. The minimum atomic E-state index is -0.587. The van der Waals surface area contributed by atoms with Gasteiger partial charge in [0.15, 0.2) is 16.6 Å². The molecule has 0 radical (unpaired) electrons. The first kappa shape index (κ1) is 25.4. The van der Waals surface area contributed by atoms with E-state index in [4.69, 9.17) is 21.1 Å². The molecule has 0 aliphatic heterocycles. The molecule has 5 aromatic rings. The molecule has 0 aliphatic carbocycles. The molecule has 39 heavy (non-hydrogen) atoms. The number of thiocarbonyl (C=S) groups is 1. The number of rotatable bonds is 6. The summed E-state index contributed by atoms with van der Waals surface area (Å²) >= 11 is 5.26. The standard InChI is InChI=1S/C28H20N4O6S/c1-16-13-19(9-10-21(16)30-27(34)25-15-18-5-2-3-8-22(18)38-25)29-28(39)31-26(33)24-12-11-23(37-24)17-6-4-7-20(14-17)32(35)36/h2-15H,1H3,(H,30,34)(H2,29,31,33,39). The van der Waals surface area contributed by atoms with Crippen LogP contribution in [0.15, 0.2) is 93.8 Å². The normalized spacial score (nSPS) is 10.7. The van der Waals surface area contributed by atoms with Gasteiger partial charge >= 0.3 is 0 Å². The van der Waals surface area contributed by atoms with Crippen LogP contribution in [-0.2, 0) is 0 Å². The maximum absolute atomic E-state index is 12.7. The van der Waals surface area contributed by atoms with Crippen molar-refractivity contribution >= 4 is 57.2 Å². The van der Waals surface area contributed by atoms with Crippen molar-refractivity contribution in [2.45, 2.75) is 6.92 Å². The fraction of sp³-hybridized carbons (Fsp3) is 0.0357. The van der Waals surface area contributed by atoms with E-state index in [1.165, 1.54) is 24.3 Å². The number of nitrogens with zero attached hydrogens (tertiary/aromatic N) is 1. The van der Waals surface area contributed by atoms with E-state index in [9.17, 15) is 19.7 Å². The third kappa shape index (κ3) is 5.68. The van der Waals surface area contributed by atoms with E-state index in [1.54, 1.807) is 42.5 Å². The number of carbonyl (C=O) groups excluding carboxylic acids is 2. The molecule has 0 saturated carbocycles. The lowest BCUT2D eigenvalue weighted by atomic mass is 10.1. The first-order valence-corrected chi connectivity index (χ1v) is 12.1. The molecule has 0 bridgehead atoms. The van der Waals surface area contributed by atoms with Gasteiger partial charge in [-0.3, -0.25) is 25.0 Å². The highest BCUT2D eigenvalue weighted by atomic mass is 32.1. The van der Waals surface area contributed by atoms with Crippen LogP contribution in [0.25, 0.3) is 22.3 Å². The van der Waals surface area contributed by atoms with Crippen LogP contribution < -0.4 is 16.0 Å². The molecule has 2 aromatic heterocycles. The van der Waals surface area contributed by atoms with Gasteiger partial charge in [-0.05, 0) is 67.2 Å². The lowest BCUT2D eigenvalue weighted by Crippen LogP contribution is -2.33. The lowest BCUT2D eigenvalue weighted by Gasteiger charge is -2.12. The Bertz CT molecular complexity index is 1720. The molecular formula is C28H20N4O6S. The number of non-ortho nitro benzene ring substituents is 1. The SMILES string of the molecule is Cc1cc(NC(=S)NC(=O)c2ccc(-c3cccc([N+](=O)[O-])c3)o2)ccc1NC(=O)c1cc2ccccc2o1. The molecule has 10 nitrogen and oxygen atoms in total. The van der Waals surface area contributed by atoms with E-state index in [0.717, 1.165) is 10.9 Å². The second kappa shape index (κ2) is 10.6. The highest BCUT2D eigenvalue weighted by Crippen LogP contribution is 2.26. The Morgan fingerprint density at radius 1 is 0.846 bits per heavy atom. The average Bonchev–Trinajstić information content (AvgIpc) is 3.58. The summed E-state index contributed by atoms with van der Waals surface area (Å²) in [6, 6.07) is 23.1. The van der Waals surface area contributed by atoms with E-state index in [-0.39, 0.29) is 28.2 Å². The van der Waals surface area contributed by atoms with Gasteiger partial charge in [0, 0.05) is 34.5 Å². The van der Waals surface area contributed by atoms with Crippen molar-refractivity contribution < 1.29 is 23.3 Å².